The van der Waals surface area contributed by atoms with Crippen LogP contribution in [0.3, 0.4) is 0 Å². The molecule has 6 nitrogen and oxygen atoms in total. The summed E-state index contributed by atoms with van der Waals surface area (Å²) in [6.45, 7) is 8.57. The molecular weight excluding hydrogens is 426 g/mol. The zero-order valence-electron chi connectivity index (χ0n) is 19.8. The third-order valence-corrected chi connectivity index (χ3v) is 6.88. The van der Waals surface area contributed by atoms with Crippen LogP contribution < -0.4 is 19.7 Å². The molecule has 3 aromatic carbocycles. The average molecular weight is 458 g/mol. The molecule has 1 unspecified atom stereocenters. The molecule has 1 atom stereocenters. The number of carbonyl (C=O) groups excluding carboxylic acids is 1. The van der Waals surface area contributed by atoms with Crippen LogP contribution in [0.1, 0.15) is 33.1 Å². The van der Waals surface area contributed by atoms with Gasteiger partial charge in [-0.1, -0.05) is 30.3 Å². The summed E-state index contributed by atoms with van der Waals surface area (Å²) in [5.74, 6) is 1.50. The first-order valence-corrected chi connectivity index (χ1v) is 11.9. The molecule has 0 radical (unpaired) electrons. The molecule has 5 rings (SSSR count). The van der Waals surface area contributed by atoms with Crippen molar-refractivity contribution in [2.24, 2.45) is 0 Å². The Bertz CT molecular complexity index is 1160. The van der Waals surface area contributed by atoms with Crippen LogP contribution in [-0.4, -0.2) is 50.3 Å². The monoisotopic (exact) mass is 457 g/mol. The molecule has 0 bridgehead atoms. The van der Waals surface area contributed by atoms with E-state index in [9.17, 15) is 4.79 Å². The Morgan fingerprint density at radius 2 is 1.65 bits per heavy atom. The van der Waals surface area contributed by atoms with E-state index in [4.69, 9.17) is 9.47 Å². The number of benzene rings is 3. The second-order valence-corrected chi connectivity index (χ2v) is 9.00. The molecule has 1 fully saturated rings. The molecule has 2 aliphatic heterocycles. The van der Waals surface area contributed by atoms with Gasteiger partial charge in [0.15, 0.2) is 11.5 Å². The van der Waals surface area contributed by atoms with E-state index in [1.807, 2.05) is 37.3 Å². The van der Waals surface area contributed by atoms with E-state index < -0.39 is 0 Å². The van der Waals surface area contributed by atoms with E-state index in [2.05, 4.69) is 58.4 Å². The summed E-state index contributed by atoms with van der Waals surface area (Å²) in [5.41, 5.74) is 5.38. The van der Waals surface area contributed by atoms with Crippen LogP contribution in [0.15, 0.2) is 66.7 Å². The Labute approximate surface area is 201 Å². The molecule has 0 aliphatic carbocycles. The summed E-state index contributed by atoms with van der Waals surface area (Å²) in [5, 5.41) is 3.19. The summed E-state index contributed by atoms with van der Waals surface area (Å²) in [4.78, 5) is 17.8. The number of nitrogens with one attached hydrogen (secondary N) is 1. The number of hydrogen-bond donors (Lipinski definition) is 1. The fourth-order valence-corrected chi connectivity index (χ4v) is 4.68. The molecule has 0 spiro atoms. The predicted molar refractivity (Wildman–Crippen MR) is 134 cm³/mol. The fourth-order valence-electron chi connectivity index (χ4n) is 4.68. The van der Waals surface area contributed by atoms with Gasteiger partial charge in [-0.05, 0) is 66.9 Å². The van der Waals surface area contributed by atoms with Crippen molar-refractivity contribution in [3.8, 4) is 11.5 Å². The van der Waals surface area contributed by atoms with Crippen LogP contribution in [0.25, 0.3) is 0 Å². The molecule has 34 heavy (non-hydrogen) atoms. The van der Waals surface area contributed by atoms with Crippen molar-refractivity contribution in [2.75, 3.05) is 44.4 Å². The first kappa shape index (κ1) is 22.3. The van der Waals surface area contributed by atoms with Crippen molar-refractivity contribution in [3.63, 3.8) is 0 Å². The second kappa shape index (κ2) is 9.77. The van der Waals surface area contributed by atoms with Crippen LogP contribution in [0, 0.1) is 13.8 Å². The van der Waals surface area contributed by atoms with Gasteiger partial charge in [0, 0.05) is 44.0 Å². The van der Waals surface area contributed by atoms with E-state index in [1.54, 1.807) is 0 Å². The van der Waals surface area contributed by atoms with Gasteiger partial charge in [0.25, 0.3) is 5.91 Å². The van der Waals surface area contributed by atoms with Crippen LogP contribution in [-0.2, 0) is 0 Å². The third kappa shape index (κ3) is 4.73. The number of amides is 1. The van der Waals surface area contributed by atoms with Gasteiger partial charge >= 0.3 is 0 Å². The Kier molecular flexibility index (Phi) is 6.41. The quantitative estimate of drug-likeness (QED) is 0.597. The normalized spacial score (nSPS) is 16.4. The lowest BCUT2D eigenvalue weighted by Gasteiger charge is -2.40. The van der Waals surface area contributed by atoms with Crippen molar-refractivity contribution in [1.29, 1.82) is 0 Å². The maximum Gasteiger partial charge on any atom is 0.251 e. The number of ether oxygens (including phenoxy) is 2. The molecule has 0 aromatic heterocycles. The number of carbonyl (C=O) groups is 1. The van der Waals surface area contributed by atoms with E-state index >= 15 is 0 Å². The molecule has 2 heterocycles. The molecule has 0 saturated carbocycles. The Morgan fingerprint density at radius 3 is 2.41 bits per heavy atom. The first-order chi connectivity index (χ1) is 16.6. The number of fused-ring (bicyclic) bond motifs is 1. The Hall–Kier alpha value is -3.51. The van der Waals surface area contributed by atoms with Crippen molar-refractivity contribution in [2.45, 2.75) is 19.9 Å². The van der Waals surface area contributed by atoms with E-state index in [0.29, 0.717) is 12.1 Å². The summed E-state index contributed by atoms with van der Waals surface area (Å²) in [7, 11) is 0. The van der Waals surface area contributed by atoms with Crippen LogP contribution in [0.4, 0.5) is 5.69 Å². The van der Waals surface area contributed by atoms with Gasteiger partial charge in [-0.25, -0.2) is 0 Å². The molecule has 6 heteroatoms. The molecule has 3 aromatic rings. The average Bonchev–Trinajstić information content (AvgIpc) is 3.35. The lowest BCUT2D eigenvalue weighted by Crippen LogP contribution is -2.50. The zero-order valence-corrected chi connectivity index (χ0v) is 19.8. The van der Waals surface area contributed by atoms with Gasteiger partial charge in [0.05, 0.1) is 6.04 Å². The van der Waals surface area contributed by atoms with Gasteiger partial charge in [-0.15, -0.1) is 0 Å². The lowest BCUT2D eigenvalue weighted by molar-refractivity contribution is 0.0930. The molecule has 1 amide bonds. The van der Waals surface area contributed by atoms with E-state index in [0.717, 1.165) is 48.8 Å². The Morgan fingerprint density at radius 1 is 0.882 bits per heavy atom. The summed E-state index contributed by atoms with van der Waals surface area (Å²) < 4.78 is 11.1. The molecular formula is C28H31N3O3. The maximum absolute atomic E-state index is 13.0. The second-order valence-electron chi connectivity index (χ2n) is 9.00. The minimum atomic E-state index is -0.0447. The highest BCUT2D eigenvalue weighted by molar-refractivity contribution is 5.94. The highest BCUT2D eigenvalue weighted by Crippen LogP contribution is 2.35. The number of anilines is 1. The van der Waals surface area contributed by atoms with Crippen LogP contribution in [0.2, 0.25) is 0 Å². The summed E-state index contributed by atoms with van der Waals surface area (Å²) in [6, 6.07) is 22.5. The third-order valence-electron chi connectivity index (χ3n) is 6.88. The van der Waals surface area contributed by atoms with Gasteiger partial charge in [0.2, 0.25) is 6.79 Å². The highest BCUT2D eigenvalue weighted by Gasteiger charge is 2.27. The zero-order chi connectivity index (χ0) is 23.5. The van der Waals surface area contributed by atoms with Gasteiger partial charge in [0.1, 0.15) is 0 Å². The SMILES string of the molecule is Cc1ccc(C(=O)NCC(c2ccc3c(c2)OCO3)N2CCN(c3ccccc3)CC2)cc1C. The number of rotatable bonds is 6. The van der Waals surface area contributed by atoms with Crippen molar-refractivity contribution < 1.29 is 14.3 Å². The number of aryl methyl sites for hydroxylation is 2. The van der Waals surface area contributed by atoms with Crippen molar-refractivity contribution in [1.82, 2.24) is 10.2 Å². The van der Waals surface area contributed by atoms with Gasteiger partial charge in [-0.3, -0.25) is 9.69 Å². The minimum Gasteiger partial charge on any atom is -0.454 e. The van der Waals surface area contributed by atoms with E-state index in [-0.39, 0.29) is 18.7 Å². The Balaban J connectivity index is 1.32. The largest absolute Gasteiger partial charge is 0.454 e. The van der Waals surface area contributed by atoms with Crippen molar-refractivity contribution >= 4 is 11.6 Å². The predicted octanol–water partition coefficient (Wildman–Crippen LogP) is 4.33. The fraction of sp³-hybridized carbons (Fsp3) is 0.321. The maximum atomic E-state index is 13.0. The van der Waals surface area contributed by atoms with Gasteiger partial charge < -0.3 is 19.7 Å². The highest BCUT2D eigenvalue weighted by atomic mass is 16.7. The molecule has 2 aliphatic rings. The van der Waals surface area contributed by atoms with Crippen LogP contribution in [0.5, 0.6) is 11.5 Å². The van der Waals surface area contributed by atoms with E-state index in [1.165, 1.54) is 11.3 Å². The topological polar surface area (TPSA) is 54.0 Å². The number of nitrogens with zero attached hydrogens (tertiary/aromatic N) is 2. The lowest BCUT2D eigenvalue weighted by atomic mass is 10.0. The van der Waals surface area contributed by atoms with Crippen LogP contribution >= 0.6 is 0 Å². The number of piperazine rings is 1. The van der Waals surface area contributed by atoms with Crippen molar-refractivity contribution in [3.05, 3.63) is 89.0 Å². The summed E-state index contributed by atoms with van der Waals surface area (Å²) >= 11 is 0. The summed E-state index contributed by atoms with van der Waals surface area (Å²) in [6.07, 6.45) is 0. The molecule has 176 valence electrons. The number of para-hydroxylation sites is 1. The molecule has 1 N–H and O–H groups in total. The van der Waals surface area contributed by atoms with Gasteiger partial charge in [-0.2, -0.15) is 0 Å². The smallest absolute Gasteiger partial charge is 0.251 e. The molecule has 1 saturated heterocycles. The standard InChI is InChI=1S/C28H31N3O3/c1-20-8-9-23(16-21(20)2)28(32)29-18-25(22-10-11-26-27(17-22)34-19-33-26)31-14-12-30(13-15-31)24-6-4-3-5-7-24/h3-11,16-17,25H,12-15,18-19H2,1-2H3,(H,29,32). The minimum absolute atomic E-state index is 0.0444. The first-order valence-electron chi connectivity index (χ1n) is 11.9. The number of hydrogen-bond acceptors (Lipinski definition) is 5.